The fourth-order valence-corrected chi connectivity index (χ4v) is 2.46. The van der Waals surface area contributed by atoms with E-state index in [0.717, 1.165) is 27.4 Å². The first-order chi connectivity index (χ1) is 8.00. The van der Waals surface area contributed by atoms with Gasteiger partial charge in [-0.3, -0.25) is 0 Å². The van der Waals surface area contributed by atoms with Crippen LogP contribution >= 0.6 is 15.9 Å². The van der Waals surface area contributed by atoms with E-state index in [1.807, 2.05) is 31.2 Å². The molecule has 2 rings (SSSR count). The van der Waals surface area contributed by atoms with Crippen LogP contribution in [0.15, 0.2) is 28.7 Å². The van der Waals surface area contributed by atoms with Crippen LogP contribution in [-0.2, 0) is 0 Å². The lowest BCUT2D eigenvalue weighted by molar-refractivity contribution is 0.590. The third kappa shape index (κ3) is 2.22. The molecule has 0 saturated heterocycles. The van der Waals surface area contributed by atoms with Gasteiger partial charge in [0.25, 0.3) is 0 Å². The van der Waals surface area contributed by atoms with Crippen LogP contribution in [0, 0.1) is 6.92 Å². The third-order valence-electron chi connectivity index (χ3n) is 2.74. The summed E-state index contributed by atoms with van der Waals surface area (Å²) in [7, 11) is 0. The average Bonchev–Trinajstić information content (AvgIpc) is 2.54. The average molecular weight is 294 g/mol. The lowest BCUT2D eigenvalue weighted by Gasteiger charge is -2.11. The third-order valence-corrected chi connectivity index (χ3v) is 3.23. The number of imidazole rings is 1. The van der Waals surface area contributed by atoms with Crippen LogP contribution in [0.4, 0.5) is 5.82 Å². The number of nitrogen functional groups attached to an aromatic ring is 1. The van der Waals surface area contributed by atoms with Gasteiger partial charge in [0.2, 0.25) is 0 Å². The van der Waals surface area contributed by atoms with Crippen molar-refractivity contribution in [3.8, 4) is 11.3 Å². The molecule has 2 N–H and O–H groups in total. The maximum atomic E-state index is 6.17. The summed E-state index contributed by atoms with van der Waals surface area (Å²) in [5.41, 5.74) is 8.07. The van der Waals surface area contributed by atoms with Crippen LogP contribution in [-0.4, -0.2) is 9.55 Å². The molecule has 0 aliphatic carbocycles. The minimum Gasteiger partial charge on any atom is -0.383 e. The highest BCUT2D eigenvalue weighted by molar-refractivity contribution is 9.10. The largest absolute Gasteiger partial charge is 0.383 e. The minimum absolute atomic E-state index is 0.323. The molecule has 3 nitrogen and oxygen atoms in total. The first-order valence-electron chi connectivity index (χ1n) is 5.61. The van der Waals surface area contributed by atoms with E-state index in [1.54, 1.807) is 0 Å². The van der Waals surface area contributed by atoms with Gasteiger partial charge in [0, 0.05) is 16.1 Å². The summed E-state index contributed by atoms with van der Waals surface area (Å²) < 4.78 is 3.09. The van der Waals surface area contributed by atoms with Gasteiger partial charge >= 0.3 is 0 Å². The van der Waals surface area contributed by atoms with Crippen molar-refractivity contribution in [2.24, 2.45) is 0 Å². The number of aromatic nitrogens is 2. The molecule has 4 heteroatoms. The summed E-state index contributed by atoms with van der Waals surface area (Å²) in [5.74, 6) is 1.68. The van der Waals surface area contributed by atoms with Crippen molar-refractivity contribution < 1.29 is 0 Å². The van der Waals surface area contributed by atoms with E-state index in [9.17, 15) is 0 Å². The molecule has 0 saturated carbocycles. The van der Waals surface area contributed by atoms with Crippen LogP contribution < -0.4 is 5.73 Å². The second kappa shape index (κ2) is 4.53. The minimum atomic E-state index is 0.323. The van der Waals surface area contributed by atoms with Crippen molar-refractivity contribution in [1.82, 2.24) is 9.55 Å². The van der Waals surface area contributed by atoms with Gasteiger partial charge in [-0.2, -0.15) is 0 Å². The molecule has 0 radical (unpaired) electrons. The summed E-state index contributed by atoms with van der Waals surface area (Å²) >= 11 is 3.46. The Morgan fingerprint density at radius 1 is 1.35 bits per heavy atom. The first-order valence-corrected chi connectivity index (χ1v) is 6.40. The highest BCUT2D eigenvalue weighted by atomic mass is 79.9. The zero-order chi connectivity index (χ0) is 12.6. The topological polar surface area (TPSA) is 43.8 Å². The normalized spacial score (nSPS) is 11.1. The molecular formula is C13H16BrN3. The van der Waals surface area contributed by atoms with E-state index in [1.165, 1.54) is 0 Å². The van der Waals surface area contributed by atoms with Gasteiger partial charge in [-0.1, -0.05) is 28.1 Å². The molecule has 0 amide bonds. The van der Waals surface area contributed by atoms with Gasteiger partial charge in [0.1, 0.15) is 17.3 Å². The van der Waals surface area contributed by atoms with Crippen molar-refractivity contribution in [2.75, 3.05) is 5.73 Å². The number of aryl methyl sites for hydroxylation is 1. The smallest absolute Gasteiger partial charge is 0.131 e. The summed E-state index contributed by atoms with van der Waals surface area (Å²) in [6.07, 6.45) is 0. The molecule has 2 aromatic rings. The van der Waals surface area contributed by atoms with Crippen LogP contribution in [0.2, 0.25) is 0 Å². The Morgan fingerprint density at radius 3 is 2.59 bits per heavy atom. The Labute approximate surface area is 110 Å². The molecule has 0 aliphatic heterocycles. The molecule has 0 atom stereocenters. The van der Waals surface area contributed by atoms with Gasteiger partial charge < -0.3 is 10.3 Å². The summed E-state index contributed by atoms with van der Waals surface area (Å²) in [6, 6.07) is 8.36. The van der Waals surface area contributed by atoms with Crippen molar-refractivity contribution in [2.45, 2.75) is 26.8 Å². The lowest BCUT2D eigenvalue weighted by atomic mass is 10.1. The van der Waals surface area contributed by atoms with Crippen molar-refractivity contribution in [3.05, 3.63) is 34.6 Å². The Hall–Kier alpha value is -1.29. The monoisotopic (exact) mass is 293 g/mol. The van der Waals surface area contributed by atoms with Crippen LogP contribution in [0.3, 0.4) is 0 Å². The lowest BCUT2D eigenvalue weighted by Crippen LogP contribution is -2.07. The summed E-state index contributed by atoms with van der Waals surface area (Å²) in [6.45, 7) is 6.20. The number of hydrogen-bond acceptors (Lipinski definition) is 2. The summed E-state index contributed by atoms with van der Waals surface area (Å²) in [5, 5.41) is 0. The molecule has 1 heterocycles. The van der Waals surface area contributed by atoms with E-state index in [0.29, 0.717) is 6.04 Å². The molecule has 0 fully saturated rings. The van der Waals surface area contributed by atoms with E-state index in [-0.39, 0.29) is 0 Å². The molecule has 1 aromatic heterocycles. The Kier molecular flexibility index (Phi) is 3.24. The van der Waals surface area contributed by atoms with E-state index >= 15 is 0 Å². The SMILES string of the molecule is Cc1nc(-c2cccc(Br)c2)c(N)n1C(C)C. The number of benzene rings is 1. The van der Waals surface area contributed by atoms with Crippen LogP contribution in [0.1, 0.15) is 25.7 Å². The fraction of sp³-hybridized carbons (Fsp3) is 0.308. The maximum Gasteiger partial charge on any atom is 0.131 e. The molecule has 0 spiro atoms. The number of nitrogens with two attached hydrogens (primary N) is 1. The molecule has 17 heavy (non-hydrogen) atoms. The van der Waals surface area contributed by atoms with Crippen molar-refractivity contribution in [1.29, 1.82) is 0 Å². The van der Waals surface area contributed by atoms with E-state index in [4.69, 9.17) is 5.73 Å². The molecule has 0 bridgehead atoms. The van der Waals surface area contributed by atoms with Crippen LogP contribution in [0.25, 0.3) is 11.3 Å². The zero-order valence-electron chi connectivity index (χ0n) is 10.2. The quantitative estimate of drug-likeness (QED) is 0.916. The summed E-state index contributed by atoms with van der Waals surface area (Å²) in [4.78, 5) is 4.56. The Morgan fingerprint density at radius 2 is 2.06 bits per heavy atom. The number of anilines is 1. The Bertz CT molecular complexity index is 544. The second-order valence-electron chi connectivity index (χ2n) is 4.37. The van der Waals surface area contributed by atoms with Gasteiger partial charge in [-0.15, -0.1) is 0 Å². The predicted octanol–water partition coefficient (Wildman–Crippen LogP) is 3.78. The zero-order valence-corrected chi connectivity index (χ0v) is 11.8. The highest BCUT2D eigenvalue weighted by Gasteiger charge is 2.15. The molecule has 0 aliphatic rings. The van der Waals surface area contributed by atoms with Crippen molar-refractivity contribution >= 4 is 21.7 Å². The standard InChI is InChI=1S/C13H16BrN3/c1-8(2)17-9(3)16-12(13(17)15)10-5-4-6-11(14)7-10/h4-8H,15H2,1-3H3. The second-order valence-corrected chi connectivity index (χ2v) is 5.28. The molecular weight excluding hydrogens is 278 g/mol. The molecule has 1 aromatic carbocycles. The number of rotatable bonds is 2. The van der Waals surface area contributed by atoms with Gasteiger partial charge in [-0.05, 0) is 32.9 Å². The number of nitrogens with zero attached hydrogens (tertiary/aromatic N) is 2. The van der Waals surface area contributed by atoms with Gasteiger partial charge in [-0.25, -0.2) is 4.98 Å². The predicted molar refractivity (Wildman–Crippen MR) is 74.9 cm³/mol. The van der Waals surface area contributed by atoms with Crippen LogP contribution in [0.5, 0.6) is 0 Å². The highest BCUT2D eigenvalue weighted by Crippen LogP contribution is 2.30. The maximum absolute atomic E-state index is 6.17. The first kappa shape index (κ1) is 12.2. The van der Waals surface area contributed by atoms with E-state index < -0.39 is 0 Å². The Balaban J connectivity index is 2.58. The van der Waals surface area contributed by atoms with Crippen molar-refractivity contribution in [3.63, 3.8) is 0 Å². The molecule has 0 unspecified atom stereocenters. The molecule has 90 valence electrons. The number of halogens is 1. The fourth-order valence-electron chi connectivity index (χ4n) is 2.06. The van der Waals surface area contributed by atoms with Gasteiger partial charge in [0.05, 0.1) is 0 Å². The van der Waals surface area contributed by atoms with Gasteiger partial charge in [0.15, 0.2) is 0 Å². The van der Waals surface area contributed by atoms with E-state index in [2.05, 4.69) is 39.3 Å². The number of hydrogen-bond donors (Lipinski definition) is 1.